The summed E-state index contributed by atoms with van der Waals surface area (Å²) in [6.07, 6.45) is 1.51. The molecule has 0 aliphatic rings. The first-order valence-electron chi connectivity index (χ1n) is 10.8. The van der Waals surface area contributed by atoms with Gasteiger partial charge in [-0.2, -0.15) is 0 Å². The van der Waals surface area contributed by atoms with E-state index in [1.807, 2.05) is 12.1 Å². The summed E-state index contributed by atoms with van der Waals surface area (Å²) < 4.78 is 27.0. The molecule has 2 aromatic carbocycles. The third-order valence-electron chi connectivity index (χ3n) is 5.17. The van der Waals surface area contributed by atoms with Crippen LogP contribution < -0.4 is 16.4 Å². The number of benzene rings is 2. The van der Waals surface area contributed by atoms with Crippen LogP contribution in [0.4, 0.5) is 14.6 Å². The molecule has 1 unspecified atom stereocenters. The van der Waals surface area contributed by atoms with E-state index in [9.17, 15) is 18.4 Å². The molecule has 0 saturated carbocycles. The van der Waals surface area contributed by atoms with Crippen molar-refractivity contribution in [3.05, 3.63) is 94.1 Å². The first kappa shape index (κ1) is 26.1. The number of carbonyl (C=O) groups excluding carboxylic acids is 2. The van der Waals surface area contributed by atoms with Gasteiger partial charge in [-0.05, 0) is 54.1 Å². The number of carbonyl (C=O) groups is 2. The molecule has 1 aromatic heterocycles. The smallest absolute Gasteiger partial charge is 0.243 e. The Morgan fingerprint density at radius 1 is 1.03 bits per heavy atom. The van der Waals surface area contributed by atoms with Crippen LogP contribution in [0.1, 0.15) is 16.7 Å². The van der Waals surface area contributed by atoms with Crippen molar-refractivity contribution in [3.8, 4) is 0 Å². The summed E-state index contributed by atoms with van der Waals surface area (Å²) in [5.74, 6) is -2.52. The Labute approximate surface area is 207 Å². The second kappa shape index (κ2) is 12.2. The average molecular weight is 502 g/mol. The van der Waals surface area contributed by atoms with E-state index in [2.05, 4.69) is 15.6 Å². The van der Waals surface area contributed by atoms with E-state index in [1.54, 1.807) is 36.2 Å². The van der Waals surface area contributed by atoms with Gasteiger partial charge in [0.2, 0.25) is 11.8 Å². The number of pyridine rings is 1. The van der Waals surface area contributed by atoms with Crippen molar-refractivity contribution >= 4 is 29.2 Å². The molecule has 0 saturated heterocycles. The lowest BCUT2D eigenvalue weighted by Crippen LogP contribution is -2.50. The Morgan fingerprint density at radius 3 is 2.37 bits per heavy atom. The highest BCUT2D eigenvalue weighted by Crippen LogP contribution is 2.12. The molecule has 3 aromatic rings. The van der Waals surface area contributed by atoms with E-state index in [0.717, 1.165) is 17.7 Å². The van der Waals surface area contributed by atoms with Gasteiger partial charge in [-0.1, -0.05) is 35.9 Å². The van der Waals surface area contributed by atoms with Gasteiger partial charge in [-0.25, -0.2) is 13.8 Å². The molecule has 35 heavy (non-hydrogen) atoms. The summed E-state index contributed by atoms with van der Waals surface area (Å²) >= 11 is 5.91. The summed E-state index contributed by atoms with van der Waals surface area (Å²) in [6.45, 7) is 0.674. The Hall–Kier alpha value is -3.56. The number of hydrogen-bond donors (Lipinski definition) is 3. The molecule has 10 heteroatoms. The van der Waals surface area contributed by atoms with Crippen LogP contribution in [-0.4, -0.2) is 41.3 Å². The van der Waals surface area contributed by atoms with Gasteiger partial charge >= 0.3 is 0 Å². The van der Waals surface area contributed by atoms with Crippen molar-refractivity contribution in [1.29, 1.82) is 0 Å². The van der Waals surface area contributed by atoms with Crippen molar-refractivity contribution in [1.82, 2.24) is 20.5 Å². The predicted octanol–water partition coefficient (Wildman–Crippen LogP) is 3.07. The number of nitrogen functional groups attached to an aromatic ring is 1. The summed E-state index contributed by atoms with van der Waals surface area (Å²) in [4.78, 5) is 31.4. The van der Waals surface area contributed by atoms with Crippen molar-refractivity contribution in [2.45, 2.75) is 25.6 Å². The van der Waals surface area contributed by atoms with E-state index >= 15 is 0 Å². The molecule has 0 aliphatic carbocycles. The first-order valence-corrected chi connectivity index (χ1v) is 11.2. The highest BCUT2D eigenvalue weighted by Gasteiger charge is 2.22. The van der Waals surface area contributed by atoms with Gasteiger partial charge < -0.3 is 16.4 Å². The number of halogens is 3. The van der Waals surface area contributed by atoms with Gasteiger partial charge in [0.1, 0.15) is 11.9 Å². The Bertz CT molecular complexity index is 1160. The number of likely N-dealkylation sites (N-methyl/N-ethyl adjacent to an activating group) is 1. The molecule has 0 fully saturated rings. The van der Waals surface area contributed by atoms with Gasteiger partial charge in [-0.3, -0.25) is 14.5 Å². The monoisotopic (exact) mass is 501 g/mol. The second-order valence-corrected chi connectivity index (χ2v) is 8.62. The fraction of sp³-hybridized carbons (Fsp3) is 0.240. The second-order valence-electron chi connectivity index (χ2n) is 8.18. The lowest BCUT2D eigenvalue weighted by molar-refractivity contribution is -0.129. The van der Waals surface area contributed by atoms with E-state index in [-0.39, 0.29) is 19.5 Å². The van der Waals surface area contributed by atoms with E-state index < -0.39 is 29.5 Å². The minimum Gasteiger partial charge on any atom is -0.384 e. The van der Waals surface area contributed by atoms with Crippen LogP contribution in [0.5, 0.6) is 0 Å². The molecule has 1 atom stereocenters. The van der Waals surface area contributed by atoms with E-state index in [1.165, 1.54) is 12.3 Å². The standard InChI is InChI=1S/C25H26ClF2N5O2/c1-33(14-16-2-6-19(26)7-3-16)15-24(34)32-22(11-17-4-8-20(27)21(28)10-17)25(35)31-13-18-5-9-23(29)30-12-18/h2-10,12,22H,11,13-15H2,1H3,(H2,29,30)(H,31,35)(H,32,34). The van der Waals surface area contributed by atoms with Crippen LogP contribution in [-0.2, 0) is 29.1 Å². The van der Waals surface area contributed by atoms with Crippen LogP contribution in [0.3, 0.4) is 0 Å². The number of hydrogen-bond acceptors (Lipinski definition) is 5. The quantitative estimate of drug-likeness (QED) is 0.396. The topological polar surface area (TPSA) is 100 Å². The molecule has 0 aliphatic heterocycles. The lowest BCUT2D eigenvalue weighted by atomic mass is 10.0. The van der Waals surface area contributed by atoms with Gasteiger partial charge in [0.05, 0.1) is 6.54 Å². The number of aromatic nitrogens is 1. The summed E-state index contributed by atoms with van der Waals surface area (Å²) in [6, 6.07) is 13.0. The number of nitrogens with one attached hydrogen (secondary N) is 2. The summed E-state index contributed by atoms with van der Waals surface area (Å²) in [7, 11) is 1.77. The van der Waals surface area contributed by atoms with Crippen LogP contribution in [0.25, 0.3) is 0 Å². The lowest BCUT2D eigenvalue weighted by Gasteiger charge is -2.21. The first-order chi connectivity index (χ1) is 16.7. The highest BCUT2D eigenvalue weighted by atomic mass is 35.5. The number of rotatable bonds is 10. The zero-order valence-electron chi connectivity index (χ0n) is 19.1. The zero-order valence-corrected chi connectivity index (χ0v) is 19.9. The van der Waals surface area contributed by atoms with Crippen molar-refractivity contribution in [2.24, 2.45) is 0 Å². The van der Waals surface area contributed by atoms with Gasteiger partial charge in [0.15, 0.2) is 11.6 Å². The normalized spacial score (nSPS) is 11.8. The molecule has 0 spiro atoms. The minimum atomic E-state index is -1.02. The number of nitrogens with two attached hydrogens (primary N) is 1. The average Bonchev–Trinajstić information content (AvgIpc) is 2.82. The Morgan fingerprint density at radius 2 is 1.71 bits per heavy atom. The van der Waals surface area contributed by atoms with Crippen LogP contribution in [0.15, 0.2) is 60.8 Å². The number of nitrogens with zero attached hydrogens (tertiary/aromatic N) is 2. The third-order valence-corrected chi connectivity index (χ3v) is 5.42. The maximum Gasteiger partial charge on any atom is 0.243 e. The van der Waals surface area contributed by atoms with Gasteiger partial charge in [0, 0.05) is 30.7 Å². The van der Waals surface area contributed by atoms with E-state index in [4.69, 9.17) is 17.3 Å². The van der Waals surface area contributed by atoms with Crippen molar-refractivity contribution < 1.29 is 18.4 Å². The molecular formula is C25H26ClF2N5O2. The zero-order chi connectivity index (χ0) is 25.4. The molecule has 4 N–H and O–H groups in total. The molecule has 0 bridgehead atoms. The SMILES string of the molecule is CN(CC(=O)NC(Cc1ccc(F)c(F)c1)C(=O)NCc1ccc(N)nc1)Cc1ccc(Cl)cc1. The number of anilines is 1. The summed E-state index contributed by atoms with van der Waals surface area (Å²) in [5, 5.41) is 6.07. The van der Waals surface area contributed by atoms with Crippen LogP contribution in [0, 0.1) is 11.6 Å². The predicted molar refractivity (Wildman–Crippen MR) is 130 cm³/mol. The Kier molecular flexibility index (Phi) is 9.11. The van der Waals surface area contributed by atoms with Crippen LogP contribution in [0.2, 0.25) is 5.02 Å². The molecular weight excluding hydrogens is 476 g/mol. The minimum absolute atomic E-state index is 0.0182. The highest BCUT2D eigenvalue weighted by molar-refractivity contribution is 6.30. The fourth-order valence-corrected chi connectivity index (χ4v) is 3.53. The van der Waals surface area contributed by atoms with Gasteiger partial charge in [-0.15, -0.1) is 0 Å². The van der Waals surface area contributed by atoms with Crippen molar-refractivity contribution in [3.63, 3.8) is 0 Å². The fourth-order valence-electron chi connectivity index (χ4n) is 3.41. The van der Waals surface area contributed by atoms with Crippen molar-refractivity contribution in [2.75, 3.05) is 19.3 Å². The molecule has 0 radical (unpaired) electrons. The molecule has 2 amide bonds. The maximum atomic E-state index is 13.7. The molecule has 7 nitrogen and oxygen atoms in total. The van der Waals surface area contributed by atoms with E-state index in [0.29, 0.717) is 28.5 Å². The molecule has 1 heterocycles. The summed E-state index contributed by atoms with van der Waals surface area (Å²) in [5.41, 5.74) is 7.63. The van der Waals surface area contributed by atoms with Gasteiger partial charge in [0.25, 0.3) is 0 Å². The molecule has 3 rings (SSSR count). The maximum absolute atomic E-state index is 13.7. The molecule has 184 valence electrons. The number of amides is 2. The van der Waals surface area contributed by atoms with Crippen LogP contribution >= 0.6 is 11.6 Å². The Balaban J connectivity index is 1.65. The third kappa shape index (κ3) is 8.31. The largest absolute Gasteiger partial charge is 0.384 e.